The van der Waals surface area contributed by atoms with E-state index in [1.165, 1.54) is 5.56 Å². The summed E-state index contributed by atoms with van der Waals surface area (Å²) in [5.74, 6) is -1.00. The Kier molecular flexibility index (Phi) is 4.29. The zero-order valence-corrected chi connectivity index (χ0v) is 13.5. The van der Waals surface area contributed by atoms with Crippen molar-refractivity contribution >= 4 is 28.5 Å². The van der Waals surface area contributed by atoms with E-state index in [0.29, 0.717) is 30.5 Å². The van der Waals surface area contributed by atoms with Gasteiger partial charge in [0.2, 0.25) is 0 Å². The van der Waals surface area contributed by atoms with E-state index in [1.54, 1.807) is 16.7 Å². The maximum Gasteiger partial charge on any atom is 0.347 e. The number of anilines is 1. The Hall–Kier alpha value is -2.41. The molecule has 1 saturated heterocycles. The summed E-state index contributed by atoms with van der Waals surface area (Å²) in [6.45, 7) is 3.47. The minimum Gasteiger partial charge on any atom is -0.477 e. The first-order valence-corrected chi connectivity index (χ1v) is 8.19. The predicted octanol–water partition coefficient (Wildman–Crippen LogP) is 2.63. The number of amides is 2. The summed E-state index contributed by atoms with van der Waals surface area (Å²) >= 11 is 1.05. The van der Waals surface area contributed by atoms with Crippen molar-refractivity contribution in [2.45, 2.75) is 13.3 Å². The molecule has 1 N–H and O–H groups in total. The minimum absolute atomic E-state index is 0.105. The van der Waals surface area contributed by atoms with E-state index in [1.807, 2.05) is 30.3 Å². The number of hydrogen-bond acceptors (Lipinski definition) is 4. The fraction of sp³-hybridized carbons (Fsp3) is 0.312. The van der Waals surface area contributed by atoms with E-state index in [0.717, 1.165) is 17.8 Å². The zero-order valence-electron chi connectivity index (χ0n) is 12.7. The minimum atomic E-state index is -1.00. The van der Waals surface area contributed by atoms with Crippen LogP contribution in [0.1, 0.15) is 20.9 Å². The number of aryl methyl sites for hydroxylation is 1. The van der Waals surface area contributed by atoms with E-state index in [4.69, 9.17) is 5.11 Å². The molecule has 1 aliphatic heterocycles. The summed E-state index contributed by atoms with van der Waals surface area (Å²) < 4.78 is 0. The van der Waals surface area contributed by atoms with Gasteiger partial charge in [-0.3, -0.25) is 4.90 Å². The van der Waals surface area contributed by atoms with Crippen molar-refractivity contribution in [3.8, 4) is 0 Å². The zero-order chi connectivity index (χ0) is 16.4. The van der Waals surface area contributed by atoms with Gasteiger partial charge in [-0.2, -0.15) is 0 Å². The highest BCUT2D eigenvalue weighted by molar-refractivity contribution is 7.17. The molecule has 23 heavy (non-hydrogen) atoms. The van der Waals surface area contributed by atoms with Gasteiger partial charge in [0.05, 0.1) is 5.69 Å². The van der Waals surface area contributed by atoms with Crippen LogP contribution in [-0.2, 0) is 6.42 Å². The average molecular weight is 331 g/mol. The summed E-state index contributed by atoms with van der Waals surface area (Å²) in [5, 5.41) is 9.57. The van der Waals surface area contributed by atoms with Crippen LogP contribution in [0.4, 0.5) is 9.93 Å². The molecule has 0 bridgehead atoms. The van der Waals surface area contributed by atoms with Gasteiger partial charge in [0.15, 0.2) is 5.13 Å². The van der Waals surface area contributed by atoms with Crippen molar-refractivity contribution in [3.63, 3.8) is 0 Å². The van der Waals surface area contributed by atoms with Gasteiger partial charge in [0.1, 0.15) is 4.88 Å². The van der Waals surface area contributed by atoms with Crippen molar-refractivity contribution in [2.24, 2.45) is 0 Å². The molecule has 0 saturated carbocycles. The molecule has 0 radical (unpaired) electrons. The Morgan fingerprint density at radius 3 is 2.70 bits per heavy atom. The molecule has 3 rings (SSSR count). The largest absolute Gasteiger partial charge is 0.477 e. The Bertz CT molecular complexity index is 729. The first-order valence-electron chi connectivity index (χ1n) is 7.37. The van der Waals surface area contributed by atoms with Gasteiger partial charge >= 0.3 is 12.0 Å². The van der Waals surface area contributed by atoms with E-state index in [9.17, 15) is 9.59 Å². The fourth-order valence-corrected chi connectivity index (χ4v) is 3.50. The molecule has 7 heteroatoms. The summed E-state index contributed by atoms with van der Waals surface area (Å²) in [6, 6.07) is 9.92. The lowest BCUT2D eigenvalue weighted by Crippen LogP contribution is -2.33. The number of carboxylic acids is 1. The molecule has 1 aromatic heterocycles. The molecule has 1 aromatic carbocycles. The maximum absolute atomic E-state index is 12.5. The molecule has 2 aromatic rings. The lowest BCUT2D eigenvalue weighted by atomic mass is 10.1. The van der Waals surface area contributed by atoms with Crippen LogP contribution in [0.15, 0.2) is 30.3 Å². The molecule has 2 heterocycles. The average Bonchev–Trinajstić information content (AvgIpc) is 3.09. The van der Waals surface area contributed by atoms with Gasteiger partial charge in [-0.25, -0.2) is 14.6 Å². The smallest absolute Gasteiger partial charge is 0.347 e. The van der Waals surface area contributed by atoms with E-state index in [2.05, 4.69) is 4.98 Å². The normalized spacial score (nSPS) is 14.6. The molecular formula is C16H17N3O3S. The van der Waals surface area contributed by atoms with Crippen molar-refractivity contribution in [3.05, 3.63) is 46.5 Å². The van der Waals surface area contributed by atoms with Crippen LogP contribution in [0.5, 0.6) is 0 Å². The molecule has 1 aliphatic rings. The first-order chi connectivity index (χ1) is 11.1. The number of carbonyl (C=O) groups is 2. The highest BCUT2D eigenvalue weighted by Crippen LogP contribution is 2.28. The summed E-state index contributed by atoms with van der Waals surface area (Å²) in [7, 11) is 0. The van der Waals surface area contributed by atoms with Crippen LogP contribution in [0.3, 0.4) is 0 Å². The number of carboxylic acid groups (broad SMARTS) is 1. The topological polar surface area (TPSA) is 73.7 Å². The van der Waals surface area contributed by atoms with Crippen molar-refractivity contribution in [2.75, 3.05) is 24.5 Å². The highest BCUT2D eigenvalue weighted by atomic mass is 32.1. The Labute approximate surface area is 138 Å². The third-order valence-electron chi connectivity index (χ3n) is 3.82. The lowest BCUT2D eigenvalue weighted by molar-refractivity contribution is 0.0701. The van der Waals surface area contributed by atoms with Crippen LogP contribution in [0.2, 0.25) is 0 Å². The molecule has 2 amide bonds. The number of hydrogen-bond donors (Lipinski definition) is 1. The van der Waals surface area contributed by atoms with Gasteiger partial charge in [0.25, 0.3) is 0 Å². The molecule has 0 aliphatic carbocycles. The number of carbonyl (C=O) groups excluding carboxylic acids is 1. The van der Waals surface area contributed by atoms with Gasteiger partial charge in [-0.15, -0.1) is 0 Å². The summed E-state index contributed by atoms with van der Waals surface area (Å²) in [6.07, 6.45) is 0.803. The third kappa shape index (κ3) is 3.19. The van der Waals surface area contributed by atoms with Crippen molar-refractivity contribution in [1.29, 1.82) is 0 Å². The first kappa shape index (κ1) is 15.5. The molecule has 6 nitrogen and oxygen atoms in total. The van der Waals surface area contributed by atoms with Crippen molar-refractivity contribution in [1.82, 2.24) is 9.88 Å². The van der Waals surface area contributed by atoms with E-state index < -0.39 is 5.97 Å². The van der Waals surface area contributed by atoms with Gasteiger partial charge in [0, 0.05) is 19.6 Å². The number of benzene rings is 1. The van der Waals surface area contributed by atoms with Crippen LogP contribution in [-0.4, -0.2) is 46.6 Å². The number of nitrogens with zero attached hydrogens (tertiary/aromatic N) is 3. The van der Waals surface area contributed by atoms with E-state index >= 15 is 0 Å². The van der Waals surface area contributed by atoms with Gasteiger partial charge in [-0.05, 0) is 18.9 Å². The second-order valence-corrected chi connectivity index (χ2v) is 6.35. The standard InChI is InChI=1S/C16H17N3O3S/c1-11-13(14(20)21)23-15(17-11)19-10-9-18(16(19)22)8-7-12-5-3-2-4-6-12/h2-6H,7-10H2,1H3,(H,20,21). The number of aromatic carboxylic acids is 1. The predicted molar refractivity (Wildman–Crippen MR) is 88.3 cm³/mol. The monoisotopic (exact) mass is 331 g/mol. The number of rotatable bonds is 5. The van der Waals surface area contributed by atoms with Gasteiger partial charge < -0.3 is 10.0 Å². The number of thiazole rings is 1. The Morgan fingerprint density at radius 1 is 1.30 bits per heavy atom. The molecule has 0 spiro atoms. The number of urea groups is 1. The third-order valence-corrected chi connectivity index (χ3v) is 4.99. The molecular weight excluding hydrogens is 314 g/mol. The molecule has 0 atom stereocenters. The maximum atomic E-state index is 12.5. The molecule has 1 fully saturated rings. The Balaban J connectivity index is 1.67. The second kappa shape index (κ2) is 6.37. The van der Waals surface area contributed by atoms with E-state index in [-0.39, 0.29) is 10.9 Å². The number of aromatic nitrogens is 1. The Morgan fingerprint density at radius 2 is 2.04 bits per heavy atom. The van der Waals surface area contributed by atoms with Crippen molar-refractivity contribution < 1.29 is 14.7 Å². The van der Waals surface area contributed by atoms with Crippen LogP contribution >= 0.6 is 11.3 Å². The molecule has 120 valence electrons. The van der Waals surface area contributed by atoms with Crippen LogP contribution in [0.25, 0.3) is 0 Å². The van der Waals surface area contributed by atoms with Crippen LogP contribution in [0, 0.1) is 6.92 Å². The lowest BCUT2D eigenvalue weighted by Gasteiger charge is -2.16. The van der Waals surface area contributed by atoms with Gasteiger partial charge in [-0.1, -0.05) is 41.7 Å². The second-order valence-electron chi connectivity index (χ2n) is 5.37. The molecule has 0 unspecified atom stereocenters. The highest BCUT2D eigenvalue weighted by Gasteiger charge is 2.32. The SMILES string of the molecule is Cc1nc(N2CCN(CCc3ccccc3)C2=O)sc1C(=O)O. The van der Waals surface area contributed by atoms with Crippen LogP contribution < -0.4 is 4.90 Å². The summed E-state index contributed by atoms with van der Waals surface area (Å²) in [5.41, 5.74) is 1.64. The summed E-state index contributed by atoms with van der Waals surface area (Å²) in [4.78, 5) is 31.4. The quantitative estimate of drug-likeness (QED) is 0.914. The fourth-order valence-electron chi connectivity index (χ4n) is 2.57.